The number of allylic oxidation sites excluding steroid dienone is 1. The SMILES string of the molecule is C=C(C)[C@@H]1CC[C@]2(C)CC[C@]3(C)[C@H](CC[C@H]4[C@]5(C)[C@H](CC[C@]43C)C(C)(C)[C@@H](O)CC53OC(=O)CCC(=O)O3)[C@@H]12. The van der Waals surface area contributed by atoms with Gasteiger partial charge in [-0.1, -0.05) is 53.7 Å². The van der Waals surface area contributed by atoms with E-state index in [9.17, 15) is 14.7 Å². The van der Waals surface area contributed by atoms with E-state index in [1.165, 1.54) is 31.3 Å². The summed E-state index contributed by atoms with van der Waals surface area (Å²) in [5, 5.41) is 11.5. The van der Waals surface area contributed by atoms with Gasteiger partial charge >= 0.3 is 11.9 Å². The van der Waals surface area contributed by atoms with Crippen molar-refractivity contribution in [2.75, 3.05) is 0 Å². The van der Waals surface area contributed by atoms with E-state index in [0.29, 0.717) is 23.2 Å². The van der Waals surface area contributed by atoms with E-state index in [1.54, 1.807) is 0 Å². The number of aliphatic hydroxyl groups is 1. The Balaban J connectivity index is 1.49. The van der Waals surface area contributed by atoms with Crippen molar-refractivity contribution >= 4 is 11.9 Å². The molecular formula is C34H52O5. The molecular weight excluding hydrogens is 488 g/mol. The first kappa shape index (κ1) is 27.8. The van der Waals surface area contributed by atoms with E-state index in [-0.39, 0.29) is 59.3 Å². The summed E-state index contributed by atoms with van der Waals surface area (Å²) in [5.74, 6) is 0.0590. The lowest BCUT2D eigenvalue weighted by Gasteiger charge is -2.74. The van der Waals surface area contributed by atoms with Gasteiger partial charge in [-0.05, 0) is 110 Å². The van der Waals surface area contributed by atoms with Gasteiger partial charge in [0.2, 0.25) is 0 Å². The first-order valence-electron chi connectivity index (χ1n) is 15.8. The summed E-state index contributed by atoms with van der Waals surface area (Å²) in [6.07, 6.45) is 8.84. The summed E-state index contributed by atoms with van der Waals surface area (Å²) in [6, 6.07) is 0. The van der Waals surface area contributed by atoms with E-state index < -0.39 is 17.3 Å². The average Bonchev–Trinajstić information content (AvgIpc) is 3.12. The molecule has 218 valence electrons. The first-order valence-corrected chi connectivity index (χ1v) is 15.8. The molecule has 1 aliphatic heterocycles. The molecule has 6 aliphatic rings. The van der Waals surface area contributed by atoms with E-state index in [4.69, 9.17) is 9.47 Å². The van der Waals surface area contributed by atoms with E-state index in [0.717, 1.165) is 25.7 Å². The van der Waals surface area contributed by atoms with Crippen LogP contribution in [0.2, 0.25) is 0 Å². The third-order valence-corrected chi connectivity index (χ3v) is 14.7. The number of carbonyl (C=O) groups excluding carboxylic acids is 2. The molecule has 5 nitrogen and oxygen atoms in total. The van der Waals surface area contributed by atoms with Crippen LogP contribution in [0.5, 0.6) is 0 Å². The molecule has 5 saturated carbocycles. The van der Waals surface area contributed by atoms with Crippen LogP contribution in [0.4, 0.5) is 0 Å². The van der Waals surface area contributed by atoms with Gasteiger partial charge < -0.3 is 14.6 Å². The molecule has 0 amide bonds. The van der Waals surface area contributed by atoms with Gasteiger partial charge in [0, 0.05) is 0 Å². The second-order valence-corrected chi connectivity index (χ2v) is 16.4. The van der Waals surface area contributed by atoms with Crippen LogP contribution in [0.3, 0.4) is 0 Å². The number of fused-ring (bicyclic) bond motifs is 8. The van der Waals surface area contributed by atoms with Crippen molar-refractivity contribution in [3.8, 4) is 0 Å². The van der Waals surface area contributed by atoms with Crippen LogP contribution in [0.15, 0.2) is 12.2 Å². The summed E-state index contributed by atoms with van der Waals surface area (Å²) < 4.78 is 12.6. The maximum absolute atomic E-state index is 13.0. The van der Waals surface area contributed by atoms with Gasteiger partial charge in [-0.15, -0.1) is 0 Å². The Kier molecular flexibility index (Phi) is 5.95. The van der Waals surface area contributed by atoms with E-state index in [1.807, 2.05) is 0 Å². The lowest BCUT2D eigenvalue weighted by Crippen LogP contribution is -2.74. The highest BCUT2D eigenvalue weighted by molar-refractivity contribution is 5.80. The number of hydrogen-bond donors (Lipinski definition) is 1. The lowest BCUT2D eigenvalue weighted by atomic mass is 9.31. The maximum Gasteiger partial charge on any atom is 0.309 e. The summed E-state index contributed by atoms with van der Waals surface area (Å²) in [4.78, 5) is 26.1. The number of esters is 2. The maximum atomic E-state index is 13.0. The molecule has 1 spiro atoms. The highest BCUT2D eigenvalue weighted by Gasteiger charge is 2.77. The highest BCUT2D eigenvalue weighted by atomic mass is 16.7. The van der Waals surface area contributed by atoms with Gasteiger partial charge in [-0.25, -0.2) is 0 Å². The Morgan fingerprint density at radius 2 is 1.46 bits per heavy atom. The normalized spacial score (nSPS) is 51.9. The molecule has 5 aliphatic carbocycles. The standard InChI is InChI=1S/C34H52O5/c1-20(2)21-13-15-30(5)17-18-31(6)22(28(21)30)9-10-24-32(31,7)16-14-23-29(3,4)25(35)19-34(33(23,24)8)38-26(36)11-12-27(37)39-34/h21-25,28,35H,1,9-19H2,2-8H3/t21-,22+,23+,24+,25-,28+,30+,31+,32+,33-/m0/s1. The van der Waals surface area contributed by atoms with Crippen molar-refractivity contribution in [3.05, 3.63) is 12.2 Å². The van der Waals surface area contributed by atoms with Crippen molar-refractivity contribution in [1.82, 2.24) is 0 Å². The predicted octanol–water partition coefficient (Wildman–Crippen LogP) is 7.21. The van der Waals surface area contributed by atoms with Crippen molar-refractivity contribution in [2.24, 2.45) is 56.7 Å². The van der Waals surface area contributed by atoms with E-state index in [2.05, 4.69) is 55.0 Å². The Morgan fingerprint density at radius 1 is 0.821 bits per heavy atom. The van der Waals surface area contributed by atoms with Gasteiger partial charge in [0.05, 0.1) is 30.8 Å². The smallest absolute Gasteiger partial charge is 0.309 e. The number of ether oxygens (including phenoxy) is 2. The Morgan fingerprint density at radius 3 is 2.08 bits per heavy atom. The highest BCUT2D eigenvalue weighted by Crippen LogP contribution is 2.79. The number of rotatable bonds is 1. The fraction of sp³-hybridized carbons (Fsp3) is 0.882. The molecule has 10 atom stereocenters. The second-order valence-electron chi connectivity index (χ2n) is 16.4. The molecule has 1 saturated heterocycles. The fourth-order valence-corrected chi connectivity index (χ4v) is 12.4. The van der Waals surface area contributed by atoms with E-state index >= 15 is 0 Å². The van der Waals surface area contributed by atoms with Gasteiger partial charge in [-0.2, -0.15) is 0 Å². The van der Waals surface area contributed by atoms with Crippen molar-refractivity contribution in [2.45, 2.75) is 131 Å². The minimum Gasteiger partial charge on any atom is -0.422 e. The van der Waals surface area contributed by atoms with Gasteiger partial charge in [0.1, 0.15) is 0 Å². The molecule has 6 rings (SSSR count). The lowest BCUT2D eigenvalue weighted by molar-refractivity contribution is -0.367. The molecule has 1 heterocycles. The third kappa shape index (κ3) is 3.35. The molecule has 0 aromatic carbocycles. The number of carbonyl (C=O) groups is 2. The minimum absolute atomic E-state index is 0.0151. The molecule has 1 N–H and O–H groups in total. The number of hydrogen-bond acceptors (Lipinski definition) is 5. The van der Waals surface area contributed by atoms with Crippen molar-refractivity contribution < 1.29 is 24.2 Å². The van der Waals surface area contributed by atoms with Crippen LogP contribution in [0.1, 0.15) is 119 Å². The van der Waals surface area contributed by atoms with Gasteiger partial charge in [0.15, 0.2) is 0 Å². The topological polar surface area (TPSA) is 72.8 Å². The molecule has 0 unspecified atom stereocenters. The zero-order valence-electron chi connectivity index (χ0n) is 25.5. The Bertz CT molecular complexity index is 1080. The predicted molar refractivity (Wildman–Crippen MR) is 150 cm³/mol. The van der Waals surface area contributed by atoms with Crippen molar-refractivity contribution in [1.29, 1.82) is 0 Å². The third-order valence-electron chi connectivity index (χ3n) is 14.7. The Hall–Kier alpha value is -1.36. The molecule has 0 bridgehead atoms. The van der Waals surface area contributed by atoms with Crippen molar-refractivity contribution in [3.63, 3.8) is 0 Å². The summed E-state index contributed by atoms with van der Waals surface area (Å²) in [6.45, 7) is 21.0. The van der Waals surface area contributed by atoms with Crippen LogP contribution in [-0.2, 0) is 19.1 Å². The summed E-state index contributed by atoms with van der Waals surface area (Å²) in [5.41, 5.74) is 0.966. The summed E-state index contributed by atoms with van der Waals surface area (Å²) in [7, 11) is 0. The summed E-state index contributed by atoms with van der Waals surface area (Å²) >= 11 is 0. The molecule has 0 aromatic heterocycles. The average molecular weight is 541 g/mol. The first-order chi connectivity index (χ1) is 18.1. The molecule has 0 aromatic rings. The zero-order chi connectivity index (χ0) is 28.4. The molecule has 39 heavy (non-hydrogen) atoms. The van der Waals surface area contributed by atoms with Crippen LogP contribution >= 0.6 is 0 Å². The largest absolute Gasteiger partial charge is 0.422 e. The fourth-order valence-electron chi connectivity index (χ4n) is 12.4. The second kappa shape index (κ2) is 8.35. The molecule has 5 heteroatoms. The molecule has 0 radical (unpaired) electrons. The quantitative estimate of drug-likeness (QED) is 0.281. The monoisotopic (exact) mass is 540 g/mol. The van der Waals surface area contributed by atoms with Crippen LogP contribution in [0, 0.1) is 56.7 Å². The van der Waals surface area contributed by atoms with Gasteiger partial charge in [0.25, 0.3) is 5.79 Å². The molecule has 6 fully saturated rings. The van der Waals surface area contributed by atoms with Gasteiger partial charge in [-0.3, -0.25) is 9.59 Å². The van der Waals surface area contributed by atoms with Crippen LogP contribution in [-0.4, -0.2) is 28.9 Å². The zero-order valence-corrected chi connectivity index (χ0v) is 25.5. The Labute approximate surface area is 235 Å². The van der Waals surface area contributed by atoms with Crippen LogP contribution < -0.4 is 0 Å². The number of aliphatic hydroxyl groups excluding tert-OH is 1. The van der Waals surface area contributed by atoms with Crippen LogP contribution in [0.25, 0.3) is 0 Å². The minimum atomic E-state index is -1.41.